The van der Waals surface area contributed by atoms with Gasteiger partial charge in [0, 0.05) is 15.7 Å². The first-order valence-corrected chi connectivity index (χ1v) is 6.92. The van der Waals surface area contributed by atoms with Crippen LogP contribution >= 0.6 is 15.9 Å². The summed E-state index contributed by atoms with van der Waals surface area (Å²) in [6.07, 6.45) is 1.53. The van der Waals surface area contributed by atoms with Crippen molar-refractivity contribution in [2.24, 2.45) is 4.99 Å². The first-order valence-electron chi connectivity index (χ1n) is 6.13. The molecule has 0 spiro atoms. The van der Waals surface area contributed by atoms with E-state index in [-0.39, 0.29) is 11.6 Å². The summed E-state index contributed by atoms with van der Waals surface area (Å²) in [5.74, 6) is 0. The standard InChI is InChI=1S/C14H15BrN2O/c1-9-7-13-14(2,16-9)8-12(17(13)18)10-3-5-11(15)6-4-10/h3-6,13H,7-8H2,1-2H3/t13-,14-/m0/s1. The molecule has 0 aromatic heterocycles. The molecule has 2 aliphatic rings. The number of hydrogen-bond donors (Lipinski definition) is 0. The van der Waals surface area contributed by atoms with Crippen molar-refractivity contribution in [3.8, 4) is 0 Å². The number of fused-ring (bicyclic) bond motifs is 1. The molecule has 0 unspecified atom stereocenters. The van der Waals surface area contributed by atoms with Crippen molar-refractivity contribution < 1.29 is 4.74 Å². The SMILES string of the molecule is CC1=N[C@@]2(C)CC(c3ccc(Br)cc3)=[N+]([O-])[C@H]2C1. The highest BCUT2D eigenvalue weighted by atomic mass is 79.9. The maximum Gasteiger partial charge on any atom is 0.197 e. The lowest BCUT2D eigenvalue weighted by Crippen LogP contribution is -2.33. The quantitative estimate of drug-likeness (QED) is 0.580. The molecule has 2 heterocycles. The van der Waals surface area contributed by atoms with Gasteiger partial charge in [-0.1, -0.05) is 15.9 Å². The van der Waals surface area contributed by atoms with Crippen LogP contribution in [0.25, 0.3) is 0 Å². The van der Waals surface area contributed by atoms with E-state index in [1.165, 1.54) is 4.74 Å². The van der Waals surface area contributed by atoms with Crippen LogP contribution in [0.2, 0.25) is 0 Å². The molecule has 3 rings (SSSR count). The lowest BCUT2D eigenvalue weighted by atomic mass is 9.90. The minimum atomic E-state index is -0.228. The Morgan fingerprint density at radius 3 is 2.67 bits per heavy atom. The molecule has 0 radical (unpaired) electrons. The lowest BCUT2D eigenvalue weighted by molar-refractivity contribution is -0.495. The van der Waals surface area contributed by atoms with Crippen LogP contribution in [-0.2, 0) is 0 Å². The third-order valence-corrected chi connectivity index (χ3v) is 4.43. The maximum absolute atomic E-state index is 12.4. The predicted molar refractivity (Wildman–Crippen MR) is 76.4 cm³/mol. The van der Waals surface area contributed by atoms with E-state index in [0.717, 1.165) is 34.3 Å². The second-order valence-electron chi connectivity index (χ2n) is 5.38. The molecular formula is C14H15BrN2O. The van der Waals surface area contributed by atoms with E-state index in [1.807, 2.05) is 31.2 Å². The average molecular weight is 307 g/mol. The Balaban J connectivity index is 1.99. The molecule has 1 aromatic rings. The van der Waals surface area contributed by atoms with Crippen LogP contribution in [0.5, 0.6) is 0 Å². The summed E-state index contributed by atoms with van der Waals surface area (Å²) >= 11 is 3.41. The van der Waals surface area contributed by atoms with Crippen LogP contribution in [0.3, 0.4) is 0 Å². The van der Waals surface area contributed by atoms with Gasteiger partial charge < -0.3 is 5.21 Å². The van der Waals surface area contributed by atoms with Gasteiger partial charge in [0.05, 0.1) is 12.8 Å². The van der Waals surface area contributed by atoms with Crippen LogP contribution in [0.4, 0.5) is 0 Å². The summed E-state index contributed by atoms with van der Waals surface area (Å²) in [4.78, 5) is 4.67. The number of hydroxylamine groups is 1. The number of rotatable bonds is 1. The second kappa shape index (κ2) is 3.92. The van der Waals surface area contributed by atoms with Gasteiger partial charge in [-0.3, -0.25) is 4.99 Å². The zero-order valence-corrected chi connectivity index (χ0v) is 12.1. The minimum Gasteiger partial charge on any atom is -0.623 e. The van der Waals surface area contributed by atoms with E-state index in [4.69, 9.17) is 0 Å². The van der Waals surface area contributed by atoms with Crippen molar-refractivity contribution in [1.82, 2.24) is 0 Å². The van der Waals surface area contributed by atoms with Gasteiger partial charge >= 0.3 is 0 Å². The van der Waals surface area contributed by atoms with E-state index < -0.39 is 0 Å². The summed E-state index contributed by atoms with van der Waals surface area (Å²) < 4.78 is 2.21. The highest BCUT2D eigenvalue weighted by molar-refractivity contribution is 9.10. The molecule has 18 heavy (non-hydrogen) atoms. The molecule has 2 aliphatic heterocycles. The molecule has 0 fully saturated rings. The molecule has 3 nitrogen and oxygen atoms in total. The van der Waals surface area contributed by atoms with Gasteiger partial charge in [0.2, 0.25) is 0 Å². The molecule has 0 N–H and O–H groups in total. The van der Waals surface area contributed by atoms with Gasteiger partial charge in [0.15, 0.2) is 11.8 Å². The third-order valence-electron chi connectivity index (χ3n) is 3.90. The van der Waals surface area contributed by atoms with E-state index in [9.17, 15) is 5.21 Å². The van der Waals surface area contributed by atoms with Crippen molar-refractivity contribution in [2.75, 3.05) is 0 Å². The Morgan fingerprint density at radius 2 is 2.06 bits per heavy atom. The van der Waals surface area contributed by atoms with Gasteiger partial charge in [-0.05, 0) is 38.1 Å². The first-order chi connectivity index (χ1) is 8.49. The Hall–Kier alpha value is -1.16. The molecule has 94 valence electrons. The summed E-state index contributed by atoms with van der Waals surface area (Å²) in [6, 6.07) is 7.91. The van der Waals surface area contributed by atoms with Crippen LogP contribution in [0, 0.1) is 5.21 Å². The number of nitrogens with zero attached hydrogens (tertiary/aromatic N) is 2. The molecular weight excluding hydrogens is 292 g/mol. The Labute approximate surface area is 115 Å². The van der Waals surface area contributed by atoms with Gasteiger partial charge in [-0.15, -0.1) is 0 Å². The van der Waals surface area contributed by atoms with Crippen molar-refractivity contribution >= 4 is 27.4 Å². The Kier molecular flexibility index (Phi) is 2.59. The van der Waals surface area contributed by atoms with Gasteiger partial charge in [0.1, 0.15) is 5.54 Å². The van der Waals surface area contributed by atoms with Crippen LogP contribution in [0.1, 0.15) is 32.3 Å². The van der Waals surface area contributed by atoms with Gasteiger partial charge in [0.25, 0.3) is 0 Å². The molecule has 0 bridgehead atoms. The molecule has 0 amide bonds. The molecule has 0 aliphatic carbocycles. The Bertz CT molecular complexity index is 562. The van der Waals surface area contributed by atoms with Gasteiger partial charge in [-0.2, -0.15) is 0 Å². The fourth-order valence-electron chi connectivity index (χ4n) is 3.03. The largest absolute Gasteiger partial charge is 0.623 e. The van der Waals surface area contributed by atoms with Crippen LogP contribution < -0.4 is 0 Å². The predicted octanol–water partition coefficient (Wildman–Crippen LogP) is 3.14. The first kappa shape index (κ1) is 11.9. The normalized spacial score (nSPS) is 30.6. The molecule has 1 aromatic carbocycles. The maximum atomic E-state index is 12.4. The van der Waals surface area contributed by atoms with Crippen molar-refractivity contribution in [2.45, 2.75) is 38.3 Å². The zero-order valence-electron chi connectivity index (χ0n) is 10.5. The topological polar surface area (TPSA) is 38.4 Å². The number of aliphatic imine (C=N–C) groups is 1. The van der Waals surface area contributed by atoms with Crippen LogP contribution in [0.15, 0.2) is 33.7 Å². The van der Waals surface area contributed by atoms with E-state index in [2.05, 4.69) is 27.8 Å². The number of hydrogen-bond acceptors (Lipinski definition) is 2. The van der Waals surface area contributed by atoms with E-state index >= 15 is 0 Å². The number of halogens is 1. The van der Waals surface area contributed by atoms with Crippen LogP contribution in [-0.4, -0.2) is 27.7 Å². The van der Waals surface area contributed by atoms with Crippen molar-refractivity contribution in [3.63, 3.8) is 0 Å². The highest BCUT2D eigenvalue weighted by Gasteiger charge is 2.52. The summed E-state index contributed by atoms with van der Waals surface area (Å²) in [7, 11) is 0. The van der Waals surface area contributed by atoms with Crippen molar-refractivity contribution in [1.29, 1.82) is 0 Å². The third kappa shape index (κ3) is 1.70. The lowest BCUT2D eigenvalue weighted by Gasteiger charge is -2.17. The van der Waals surface area contributed by atoms with Crippen molar-refractivity contribution in [3.05, 3.63) is 39.5 Å². The molecule has 4 heteroatoms. The average Bonchev–Trinajstić information content (AvgIpc) is 2.73. The molecule has 0 saturated carbocycles. The van der Waals surface area contributed by atoms with Gasteiger partial charge in [-0.25, -0.2) is 4.74 Å². The monoisotopic (exact) mass is 306 g/mol. The van der Waals surface area contributed by atoms with E-state index in [0.29, 0.717) is 0 Å². The summed E-state index contributed by atoms with van der Waals surface area (Å²) in [6.45, 7) is 4.10. The highest BCUT2D eigenvalue weighted by Crippen LogP contribution is 2.38. The molecule has 0 saturated heterocycles. The minimum absolute atomic E-state index is 0.0175. The smallest absolute Gasteiger partial charge is 0.197 e. The summed E-state index contributed by atoms with van der Waals surface area (Å²) in [5.41, 5.74) is 2.75. The Morgan fingerprint density at radius 1 is 1.39 bits per heavy atom. The zero-order chi connectivity index (χ0) is 12.9. The molecule has 2 atom stereocenters. The van der Waals surface area contributed by atoms with E-state index in [1.54, 1.807) is 0 Å². The summed E-state index contributed by atoms with van der Waals surface area (Å²) in [5, 5.41) is 12.4. The fourth-order valence-corrected chi connectivity index (χ4v) is 3.29. The second-order valence-corrected chi connectivity index (χ2v) is 6.30. The fraction of sp³-hybridized carbons (Fsp3) is 0.429. The number of benzene rings is 1.